The first-order chi connectivity index (χ1) is 18.5. The predicted octanol–water partition coefficient (Wildman–Crippen LogP) is 4.53. The number of aliphatic hydroxyl groups excluding tert-OH is 1. The third kappa shape index (κ3) is 4.60. The Bertz CT molecular complexity index is 1760. The first-order valence-corrected chi connectivity index (χ1v) is 13.3. The molecule has 1 atom stereocenters. The van der Waals surface area contributed by atoms with Gasteiger partial charge in [-0.3, -0.25) is 14.5 Å². The number of hydrogen-bond donors (Lipinski definition) is 2. The smallest absolute Gasteiger partial charge is 0.294 e. The van der Waals surface area contributed by atoms with Crippen LogP contribution < -0.4 is 19.5 Å². The summed E-state index contributed by atoms with van der Waals surface area (Å²) >= 11 is 6.15. The quantitative estimate of drug-likeness (QED) is 0.309. The molecular weight excluding hydrogens is 548 g/mol. The summed E-state index contributed by atoms with van der Waals surface area (Å²) in [4.78, 5) is 28.3. The van der Waals surface area contributed by atoms with Crippen LogP contribution >= 0.6 is 11.6 Å². The second-order valence-electron chi connectivity index (χ2n) is 8.62. The molecule has 2 heterocycles. The van der Waals surface area contributed by atoms with Gasteiger partial charge in [0, 0.05) is 22.2 Å². The Hall–Kier alpha value is -4.32. The Morgan fingerprint density at radius 2 is 1.69 bits per heavy atom. The number of carbonyl (C=O) groups excluding carboxylic acids is 2. The summed E-state index contributed by atoms with van der Waals surface area (Å²) in [6.45, 7) is 0. The van der Waals surface area contributed by atoms with Crippen molar-refractivity contribution >= 4 is 50.0 Å². The van der Waals surface area contributed by atoms with E-state index in [2.05, 4.69) is 0 Å². The molecule has 0 radical (unpaired) electrons. The van der Waals surface area contributed by atoms with Gasteiger partial charge in [-0.25, -0.2) is 13.6 Å². The topological polar surface area (TPSA) is 149 Å². The molecule has 200 valence electrons. The minimum atomic E-state index is -3.99. The molecule has 1 amide bonds. The van der Waals surface area contributed by atoms with Gasteiger partial charge in [0.1, 0.15) is 5.75 Å². The lowest BCUT2D eigenvalue weighted by Crippen LogP contribution is -2.31. The number of nitrogens with two attached hydrogens (primary N) is 1. The molecule has 3 aromatic carbocycles. The molecular formula is C27H21ClN2O8S. The Kier molecular flexibility index (Phi) is 6.59. The van der Waals surface area contributed by atoms with Crippen LogP contribution in [0.2, 0.25) is 5.02 Å². The lowest BCUT2D eigenvalue weighted by atomic mass is 9.94. The third-order valence-electron chi connectivity index (χ3n) is 6.32. The number of ether oxygens (including phenoxy) is 2. The summed E-state index contributed by atoms with van der Waals surface area (Å²) in [6, 6.07) is 15.3. The third-order valence-corrected chi connectivity index (χ3v) is 7.47. The number of halogens is 1. The van der Waals surface area contributed by atoms with Gasteiger partial charge in [-0.1, -0.05) is 23.7 Å². The second-order valence-corrected chi connectivity index (χ2v) is 10.6. The van der Waals surface area contributed by atoms with E-state index in [9.17, 15) is 23.1 Å². The number of sulfonamides is 1. The van der Waals surface area contributed by atoms with E-state index in [1.54, 1.807) is 30.3 Å². The molecule has 1 aliphatic rings. The Labute approximate surface area is 227 Å². The van der Waals surface area contributed by atoms with E-state index in [1.165, 1.54) is 55.5 Å². The maximum absolute atomic E-state index is 13.8. The highest BCUT2D eigenvalue weighted by Gasteiger charge is 2.45. The highest BCUT2D eigenvalue weighted by molar-refractivity contribution is 7.89. The molecule has 10 nitrogen and oxygen atoms in total. The lowest BCUT2D eigenvalue weighted by Gasteiger charge is -2.27. The van der Waals surface area contributed by atoms with Gasteiger partial charge in [0.25, 0.3) is 5.91 Å². The van der Waals surface area contributed by atoms with Crippen LogP contribution in [0.5, 0.6) is 11.5 Å². The summed E-state index contributed by atoms with van der Waals surface area (Å²) < 4.78 is 39.8. The van der Waals surface area contributed by atoms with Crippen molar-refractivity contribution in [3.63, 3.8) is 0 Å². The molecule has 0 saturated heterocycles. The molecule has 0 bridgehead atoms. The summed E-state index contributed by atoms with van der Waals surface area (Å²) in [5.74, 6) is -1.68. The number of Topliss-reactive ketones (excluding diaryl/α,β-unsaturated/α-hetero) is 1. The number of carbonyl (C=O) groups is 2. The van der Waals surface area contributed by atoms with Crippen molar-refractivity contribution in [2.75, 3.05) is 19.1 Å². The zero-order valence-corrected chi connectivity index (χ0v) is 22.1. The SMILES string of the molecule is COc1ccc(C2C(C(=O)c3cc4cc(Cl)cc(OC)c4o3)=C(O)C(=O)N2c2ccc(S(N)(=O)=O)cc2)cc1. The van der Waals surface area contributed by atoms with Crippen LogP contribution in [-0.2, 0) is 14.8 Å². The van der Waals surface area contributed by atoms with E-state index in [-0.39, 0.29) is 27.5 Å². The number of benzene rings is 3. The first-order valence-electron chi connectivity index (χ1n) is 11.4. The number of anilines is 1. The molecule has 0 fully saturated rings. The normalized spacial score (nSPS) is 15.7. The molecule has 0 spiro atoms. The number of methoxy groups -OCH3 is 2. The summed E-state index contributed by atoms with van der Waals surface area (Å²) in [6.07, 6.45) is 0. The number of hydrogen-bond acceptors (Lipinski definition) is 8. The van der Waals surface area contributed by atoms with Gasteiger partial charge in [0.2, 0.25) is 15.8 Å². The van der Waals surface area contributed by atoms with Gasteiger partial charge >= 0.3 is 0 Å². The summed E-state index contributed by atoms with van der Waals surface area (Å²) in [5, 5.41) is 17.1. The van der Waals surface area contributed by atoms with Crippen LogP contribution in [-0.4, -0.2) is 39.4 Å². The molecule has 1 aromatic heterocycles. The fraction of sp³-hybridized carbons (Fsp3) is 0.111. The molecule has 39 heavy (non-hydrogen) atoms. The maximum Gasteiger partial charge on any atom is 0.294 e. The monoisotopic (exact) mass is 568 g/mol. The maximum atomic E-state index is 13.8. The largest absolute Gasteiger partial charge is 0.503 e. The number of fused-ring (bicyclic) bond motifs is 1. The number of aliphatic hydroxyl groups is 1. The van der Waals surface area contributed by atoms with Crippen LogP contribution in [0.25, 0.3) is 11.0 Å². The van der Waals surface area contributed by atoms with Crippen LogP contribution in [0, 0.1) is 0 Å². The highest BCUT2D eigenvalue weighted by Crippen LogP contribution is 2.43. The van der Waals surface area contributed by atoms with Crippen LogP contribution in [0.1, 0.15) is 22.2 Å². The molecule has 12 heteroatoms. The average molecular weight is 569 g/mol. The van der Waals surface area contributed by atoms with Crippen molar-refractivity contribution in [1.82, 2.24) is 0 Å². The van der Waals surface area contributed by atoms with Crippen molar-refractivity contribution in [1.29, 1.82) is 0 Å². The van der Waals surface area contributed by atoms with E-state index >= 15 is 0 Å². The van der Waals surface area contributed by atoms with Crippen molar-refractivity contribution in [2.24, 2.45) is 5.14 Å². The van der Waals surface area contributed by atoms with E-state index in [0.29, 0.717) is 27.5 Å². The van der Waals surface area contributed by atoms with Crippen LogP contribution in [0.15, 0.2) is 87.4 Å². The summed E-state index contributed by atoms with van der Waals surface area (Å²) in [5.41, 5.74) is 0.736. The Morgan fingerprint density at radius 3 is 2.28 bits per heavy atom. The van der Waals surface area contributed by atoms with E-state index in [0.717, 1.165) is 0 Å². The number of furan rings is 1. The standard InChI is InChI=1S/C27H21ClN2O8S/c1-36-18-7-3-14(4-8-18)23-22(24(31)20-12-15-11-16(28)13-21(37-2)26(15)38-20)25(32)27(33)30(23)17-5-9-19(10-6-17)39(29,34)35/h3-13,23,32H,1-2H3,(H2,29,34,35). The average Bonchev–Trinajstić information content (AvgIpc) is 3.46. The van der Waals surface area contributed by atoms with Gasteiger partial charge in [-0.15, -0.1) is 0 Å². The minimum absolute atomic E-state index is 0.148. The van der Waals surface area contributed by atoms with E-state index in [1.807, 2.05) is 0 Å². The molecule has 0 saturated carbocycles. The fourth-order valence-electron chi connectivity index (χ4n) is 4.48. The van der Waals surface area contributed by atoms with Gasteiger partial charge in [0.15, 0.2) is 22.9 Å². The Morgan fingerprint density at radius 1 is 1.03 bits per heavy atom. The van der Waals surface area contributed by atoms with Gasteiger partial charge in [-0.05, 0) is 54.1 Å². The minimum Gasteiger partial charge on any atom is -0.503 e. The number of nitrogens with zero attached hydrogens (tertiary/aromatic N) is 1. The number of ketones is 1. The molecule has 3 N–H and O–H groups in total. The molecule has 5 rings (SSSR count). The molecule has 0 aliphatic carbocycles. The molecule has 4 aromatic rings. The van der Waals surface area contributed by atoms with E-state index < -0.39 is 33.5 Å². The van der Waals surface area contributed by atoms with Gasteiger partial charge < -0.3 is 19.0 Å². The van der Waals surface area contributed by atoms with E-state index in [4.69, 9.17) is 30.6 Å². The van der Waals surface area contributed by atoms with Crippen molar-refractivity contribution < 1.29 is 37.0 Å². The Balaban J connectivity index is 1.65. The number of rotatable bonds is 7. The lowest BCUT2D eigenvalue weighted by molar-refractivity contribution is -0.117. The zero-order valence-electron chi connectivity index (χ0n) is 20.5. The van der Waals surface area contributed by atoms with Crippen molar-refractivity contribution in [3.8, 4) is 11.5 Å². The van der Waals surface area contributed by atoms with Crippen LogP contribution in [0.4, 0.5) is 5.69 Å². The second kappa shape index (κ2) is 9.77. The first kappa shape index (κ1) is 26.3. The number of amides is 1. The summed E-state index contributed by atoms with van der Waals surface area (Å²) in [7, 11) is -1.06. The van der Waals surface area contributed by atoms with Crippen molar-refractivity contribution in [2.45, 2.75) is 10.9 Å². The molecule has 1 unspecified atom stereocenters. The molecule has 1 aliphatic heterocycles. The van der Waals surface area contributed by atoms with Crippen LogP contribution in [0.3, 0.4) is 0 Å². The van der Waals surface area contributed by atoms with Crippen molar-refractivity contribution in [3.05, 3.63) is 94.4 Å². The fourth-order valence-corrected chi connectivity index (χ4v) is 5.22. The number of primary sulfonamides is 1. The highest BCUT2D eigenvalue weighted by atomic mass is 35.5. The van der Waals surface area contributed by atoms with Gasteiger partial charge in [-0.2, -0.15) is 0 Å². The van der Waals surface area contributed by atoms with Gasteiger partial charge in [0.05, 0.1) is 30.7 Å². The zero-order chi connectivity index (χ0) is 28.1. The predicted molar refractivity (Wildman–Crippen MR) is 143 cm³/mol.